The van der Waals surface area contributed by atoms with Crippen LogP contribution >= 0.6 is 11.3 Å². The third-order valence-corrected chi connectivity index (χ3v) is 5.09. The number of aryl methyl sites for hydroxylation is 2. The second-order valence-corrected chi connectivity index (χ2v) is 6.94. The normalized spacial score (nSPS) is 10.9. The third-order valence-electron chi connectivity index (χ3n) is 4.20. The molecule has 3 aromatic heterocycles. The van der Waals surface area contributed by atoms with Gasteiger partial charge in [0.1, 0.15) is 6.61 Å². The molecule has 8 heteroatoms. The van der Waals surface area contributed by atoms with E-state index >= 15 is 0 Å². The smallest absolute Gasteiger partial charge is 0.368 e. The maximum absolute atomic E-state index is 12.2. The van der Waals surface area contributed by atoms with Crippen molar-refractivity contribution in [1.82, 2.24) is 24.8 Å². The van der Waals surface area contributed by atoms with E-state index in [4.69, 9.17) is 4.74 Å². The van der Waals surface area contributed by atoms with Gasteiger partial charge < -0.3 is 4.74 Å². The largest absolute Gasteiger partial charge is 0.473 e. The quantitative estimate of drug-likeness (QED) is 0.533. The highest BCUT2D eigenvalue weighted by Gasteiger charge is 2.14. The van der Waals surface area contributed by atoms with E-state index in [0.29, 0.717) is 11.6 Å². The van der Waals surface area contributed by atoms with E-state index in [0.717, 1.165) is 21.7 Å². The lowest BCUT2D eigenvalue weighted by atomic mass is 10.1. The monoisotopic (exact) mass is 379 g/mol. The van der Waals surface area contributed by atoms with Crippen molar-refractivity contribution in [3.63, 3.8) is 0 Å². The minimum absolute atomic E-state index is 0.270. The molecule has 1 aromatic carbocycles. The average Bonchev–Trinajstić information content (AvgIpc) is 3.32. The molecule has 0 bridgehead atoms. The zero-order valence-corrected chi connectivity index (χ0v) is 15.7. The van der Waals surface area contributed by atoms with E-state index in [1.807, 2.05) is 60.8 Å². The summed E-state index contributed by atoms with van der Waals surface area (Å²) in [5.41, 5.74) is 3.09. The van der Waals surface area contributed by atoms with Crippen LogP contribution in [0, 0.1) is 6.92 Å². The van der Waals surface area contributed by atoms with Crippen molar-refractivity contribution < 1.29 is 4.74 Å². The first-order valence-electron chi connectivity index (χ1n) is 8.35. The van der Waals surface area contributed by atoms with Crippen LogP contribution in [-0.4, -0.2) is 24.8 Å². The molecule has 0 N–H and O–H groups in total. The Morgan fingerprint density at radius 3 is 2.67 bits per heavy atom. The summed E-state index contributed by atoms with van der Waals surface area (Å²) in [6.45, 7) is 2.24. The van der Waals surface area contributed by atoms with Crippen LogP contribution in [0.1, 0.15) is 11.1 Å². The first kappa shape index (κ1) is 17.2. The van der Waals surface area contributed by atoms with Crippen LogP contribution in [0.25, 0.3) is 16.3 Å². The van der Waals surface area contributed by atoms with Gasteiger partial charge in [-0.05, 0) is 46.5 Å². The van der Waals surface area contributed by atoms with E-state index in [-0.39, 0.29) is 12.3 Å². The number of rotatable bonds is 5. The van der Waals surface area contributed by atoms with E-state index in [1.54, 1.807) is 18.4 Å². The number of thiophene rings is 1. The van der Waals surface area contributed by atoms with Crippen LogP contribution in [0.15, 0.2) is 58.7 Å². The lowest BCUT2D eigenvalue weighted by molar-refractivity contribution is 0.293. The Bertz CT molecular complexity index is 1130. The molecule has 0 aliphatic rings. The zero-order valence-electron chi connectivity index (χ0n) is 14.9. The Morgan fingerprint density at radius 2 is 1.93 bits per heavy atom. The number of hydrogen-bond acceptors (Lipinski definition) is 6. The highest BCUT2D eigenvalue weighted by molar-refractivity contribution is 7.13. The first-order valence-corrected chi connectivity index (χ1v) is 9.23. The van der Waals surface area contributed by atoms with Gasteiger partial charge in [0.25, 0.3) is 0 Å². The van der Waals surface area contributed by atoms with Crippen molar-refractivity contribution in [3.05, 3.63) is 75.5 Å². The molecule has 3 heterocycles. The molecule has 0 radical (unpaired) electrons. The van der Waals surface area contributed by atoms with Crippen molar-refractivity contribution in [2.45, 2.75) is 13.5 Å². The van der Waals surface area contributed by atoms with Crippen LogP contribution in [-0.2, 0) is 13.7 Å². The van der Waals surface area contributed by atoms with Gasteiger partial charge in [-0.15, -0.1) is 11.3 Å². The SMILES string of the molecule is Cc1cccc(-n2nnn(C)c2=O)c1COc1cccc(-c2cccs2)n1. The third kappa shape index (κ3) is 3.39. The van der Waals surface area contributed by atoms with Crippen LogP contribution < -0.4 is 10.4 Å². The molecule has 0 saturated heterocycles. The molecule has 0 aliphatic heterocycles. The standard InChI is InChI=1S/C19H17N5O2S/c1-13-6-3-8-16(24-19(25)23(2)21-22-24)14(13)12-26-18-10-4-7-15(20-18)17-9-5-11-27-17/h3-11H,12H2,1-2H3. The lowest BCUT2D eigenvalue weighted by Gasteiger charge is -2.12. The van der Waals surface area contributed by atoms with Gasteiger partial charge in [0, 0.05) is 18.7 Å². The Balaban J connectivity index is 1.63. The summed E-state index contributed by atoms with van der Waals surface area (Å²) in [5.74, 6) is 0.529. The summed E-state index contributed by atoms with van der Waals surface area (Å²) in [4.78, 5) is 17.9. The minimum Gasteiger partial charge on any atom is -0.473 e. The fourth-order valence-corrected chi connectivity index (χ4v) is 3.44. The molecular formula is C19H17N5O2S. The maximum atomic E-state index is 12.2. The van der Waals surface area contributed by atoms with E-state index in [9.17, 15) is 4.79 Å². The molecule has 4 rings (SSSR count). The van der Waals surface area contributed by atoms with Crippen molar-refractivity contribution in [2.24, 2.45) is 7.05 Å². The molecule has 0 aliphatic carbocycles. The van der Waals surface area contributed by atoms with Gasteiger partial charge in [-0.3, -0.25) is 0 Å². The Hall–Kier alpha value is -3.26. The van der Waals surface area contributed by atoms with Crippen LogP contribution in [0.3, 0.4) is 0 Å². The fourth-order valence-electron chi connectivity index (χ4n) is 2.74. The average molecular weight is 379 g/mol. The zero-order chi connectivity index (χ0) is 18.8. The van der Waals surface area contributed by atoms with Crippen molar-refractivity contribution in [3.8, 4) is 22.1 Å². The highest BCUT2D eigenvalue weighted by atomic mass is 32.1. The summed E-state index contributed by atoms with van der Waals surface area (Å²) in [6, 6.07) is 15.4. The summed E-state index contributed by atoms with van der Waals surface area (Å²) in [7, 11) is 1.57. The minimum atomic E-state index is -0.306. The van der Waals surface area contributed by atoms with Crippen molar-refractivity contribution >= 4 is 11.3 Å². The van der Waals surface area contributed by atoms with E-state index < -0.39 is 0 Å². The predicted octanol–water partition coefficient (Wildman–Crippen LogP) is 2.98. The lowest BCUT2D eigenvalue weighted by Crippen LogP contribution is -2.23. The molecule has 0 atom stereocenters. The predicted molar refractivity (Wildman–Crippen MR) is 103 cm³/mol. The van der Waals surface area contributed by atoms with Gasteiger partial charge in [-0.25, -0.2) is 9.78 Å². The van der Waals surface area contributed by atoms with Gasteiger partial charge in [0.15, 0.2) is 0 Å². The molecule has 0 amide bonds. The van der Waals surface area contributed by atoms with Crippen molar-refractivity contribution in [2.75, 3.05) is 0 Å². The molecule has 0 saturated carbocycles. The number of pyridine rings is 1. The van der Waals surface area contributed by atoms with Gasteiger partial charge in [0.2, 0.25) is 5.88 Å². The molecule has 136 valence electrons. The van der Waals surface area contributed by atoms with Crippen LogP contribution in [0.5, 0.6) is 5.88 Å². The van der Waals surface area contributed by atoms with E-state index in [1.165, 1.54) is 9.36 Å². The fraction of sp³-hybridized carbons (Fsp3) is 0.158. The topological polar surface area (TPSA) is 74.8 Å². The maximum Gasteiger partial charge on any atom is 0.368 e. The summed E-state index contributed by atoms with van der Waals surface area (Å²) in [5, 5.41) is 9.74. The van der Waals surface area contributed by atoms with Crippen LogP contribution in [0.2, 0.25) is 0 Å². The molecule has 0 unspecified atom stereocenters. The Kier molecular flexibility index (Phi) is 4.55. The Labute approximate surface area is 159 Å². The molecular weight excluding hydrogens is 362 g/mol. The summed E-state index contributed by atoms with van der Waals surface area (Å²) < 4.78 is 8.42. The molecule has 0 fully saturated rings. The van der Waals surface area contributed by atoms with Gasteiger partial charge in [-0.2, -0.15) is 9.36 Å². The molecule has 7 nitrogen and oxygen atoms in total. The van der Waals surface area contributed by atoms with Crippen LogP contribution in [0.4, 0.5) is 0 Å². The number of tetrazole rings is 1. The second-order valence-electron chi connectivity index (χ2n) is 6.00. The number of ether oxygens (including phenoxy) is 1. The van der Waals surface area contributed by atoms with Gasteiger partial charge in [0.05, 0.1) is 16.3 Å². The summed E-state index contributed by atoms with van der Waals surface area (Å²) >= 11 is 1.63. The molecule has 27 heavy (non-hydrogen) atoms. The first-order chi connectivity index (χ1) is 13.1. The highest BCUT2D eigenvalue weighted by Crippen LogP contribution is 2.25. The van der Waals surface area contributed by atoms with Crippen molar-refractivity contribution in [1.29, 1.82) is 0 Å². The molecule has 4 aromatic rings. The molecule has 0 spiro atoms. The second kappa shape index (κ2) is 7.16. The van der Waals surface area contributed by atoms with Gasteiger partial charge in [-0.1, -0.05) is 24.3 Å². The van der Waals surface area contributed by atoms with E-state index in [2.05, 4.69) is 15.4 Å². The number of benzene rings is 1. The summed E-state index contributed by atoms with van der Waals surface area (Å²) in [6.07, 6.45) is 0. The van der Waals surface area contributed by atoms with Gasteiger partial charge >= 0.3 is 5.69 Å². The Morgan fingerprint density at radius 1 is 1.07 bits per heavy atom. The number of hydrogen-bond donors (Lipinski definition) is 0. The number of nitrogens with zero attached hydrogens (tertiary/aromatic N) is 5. The number of aromatic nitrogens is 5.